The zero-order chi connectivity index (χ0) is 10.6. The minimum atomic E-state index is 0.141. The van der Waals surface area contributed by atoms with E-state index in [0.717, 1.165) is 0 Å². The highest BCUT2D eigenvalue weighted by Crippen LogP contribution is 2.12. The van der Waals surface area contributed by atoms with Gasteiger partial charge in [0.25, 0.3) is 0 Å². The first kappa shape index (κ1) is 10.2. The number of aliphatic hydroxyl groups excluding tert-OH is 1. The smallest absolute Gasteiger partial charge is 0.224 e. The van der Waals surface area contributed by atoms with E-state index in [2.05, 4.69) is 19.9 Å². The zero-order valence-corrected chi connectivity index (χ0v) is 7.73. The molecule has 2 aromatic heterocycles. The number of nitrogens with zero attached hydrogens (tertiary/aromatic N) is 3. The highest BCUT2D eigenvalue weighted by Gasteiger charge is 2.03. The Bertz CT molecular complexity index is 411. The molecule has 0 bridgehead atoms. The number of aliphatic hydroxyl groups is 1. The Morgan fingerprint density at radius 1 is 1.43 bits per heavy atom. The molecule has 2 aromatic rings. The van der Waals surface area contributed by atoms with Crippen LogP contribution in [0.25, 0.3) is 11.2 Å². The minimum Gasteiger partial charge on any atom is -0.397 e. The Labute approximate surface area is 80.2 Å². The molecule has 0 saturated carbocycles. The van der Waals surface area contributed by atoms with Crippen molar-refractivity contribution in [3.05, 3.63) is 6.33 Å². The molecule has 6 N–H and O–H groups in total. The molecule has 76 valence electrons. The molecule has 0 atom stereocenters. The van der Waals surface area contributed by atoms with E-state index in [9.17, 15) is 0 Å². The third kappa shape index (κ3) is 2.07. The number of anilines is 2. The fourth-order valence-corrected chi connectivity index (χ4v) is 0.873. The number of nitrogens with two attached hydrogens (primary N) is 2. The number of aromatic amines is 1. The molecule has 0 aliphatic rings. The number of hydrogen-bond donors (Lipinski definition) is 4. The van der Waals surface area contributed by atoms with Gasteiger partial charge in [-0.05, 0) is 6.92 Å². The van der Waals surface area contributed by atoms with Gasteiger partial charge in [-0.15, -0.1) is 0 Å². The molecule has 0 amide bonds. The average molecular weight is 196 g/mol. The van der Waals surface area contributed by atoms with Crippen LogP contribution in [0.1, 0.15) is 6.92 Å². The Hall–Kier alpha value is -1.89. The van der Waals surface area contributed by atoms with E-state index in [1.165, 1.54) is 6.33 Å². The van der Waals surface area contributed by atoms with Gasteiger partial charge in [-0.25, -0.2) is 4.98 Å². The standard InChI is InChI=1S/C5H6N6.C2H6O/c6-3-2-4(9-1-8-2)11-5(7)10-3;1-2-3/h1H,(H5,6,7,8,9,10,11);3H,2H2,1H3. The quantitative estimate of drug-likeness (QED) is 0.450. The van der Waals surface area contributed by atoms with Crippen molar-refractivity contribution in [3.8, 4) is 0 Å². The van der Waals surface area contributed by atoms with Crippen LogP contribution in [0.2, 0.25) is 0 Å². The fraction of sp³-hybridized carbons (Fsp3) is 0.286. The van der Waals surface area contributed by atoms with Crippen LogP contribution in [0.5, 0.6) is 0 Å². The number of imidazole rings is 1. The van der Waals surface area contributed by atoms with Crippen molar-refractivity contribution in [2.24, 2.45) is 0 Å². The monoisotopic (exact) mass is 196 g/mol. The molecule has 0 fully saturated rings. The predicted octanol–water partition coefficient (Wildman–Crippen LogP) is -0.484. The van der Waals surface area contributed by atoms with Crippen molar-refractivity contribution in [2.45, 2.75) is 6.92 Å². The summed E-state index contributed by atoms with van der Waals surface area (Å²) in [6.45, 7) is 1.93. The van der Waals surface area contributed by atoms with Gasteiger partial charge in [0.2, 0.25) is 5.95 Å². The van der Waals surface area contributed by atoms with Crippen LogP contribution < -0.4 is 11.5 Å². The van der Waals surface area contributed by atoms with Crippen molar-refractivity contribution in [3.63, 3.8) is 0 Å². The molecular weight excluding hydrogens is 184 g/mol. The molecule has 0 aromatic carbocycles. The number of hydrogen-bond acceptors (Lipinski definition) is 6. The summed E-state index contributed by atoms with van der Waals surface area (Å²) in [5.74, 6) is 0.465. The number of fused-ring (bicyclic) bond motifs is 1. The lowest BCUT2D eigenvalue weighted by Gasteiger charge is -1.94. The van der Waals surface area contributed by atoms with Crippen LogP contribution in [0, 0.1) is 0 Å². The van der Waals surface area contributed by atoms with Crippen LogP contribution in [0.3, 0.4) is 0 Å². The second-order valence-corrected chi connectivity index (χ2v) is 2.38. The van der Waals surface area contributed by atoms with Gasteiger partial charge in [0, 0.05) is 6.61 Å². The molecule has 0 aliphatic carbocycles. The summed E-state index contributed by atoms with van der Waals surface area (Å²) in [6.07, 6.45) is 1.50. The number of nitrogens with one attached hydrogen (secondary N) is 1. The average Bonchev–Trinajstić information content (AvgIpc) is 2.53. The van der Waals surface area contributed by atoms with Crippen molar-refractivity contribution in [1.29, 1.82) is 0 Å². The summed E-state index contributed by atoms with van der Waals surface area (Å²) in [7, 11) is 0. The van der Waals surface area contributed by atoms with Crippen molar-refractivity contribution in [1.82, 2.24) is 19.9 Å². The van der Waals surface area contributed by atoms with E-state index in [0.29, 0.717) is 17.0 Å². The first-order valence-corrected chi connectivity index (χ1v) is 4.02. The number of H-pyrrole nitrogens is 1. The molecule has 0 saturated heterocycles. The largest absolute Gasteiger partial charge is 0.397 e. The van der Waals surface area contributed by atoms with Gasteiger partial charge in [-0.1, -0.05) is 0 Å². The summed E-state index contributed by atoms with van der Waals surface area (Å²) in [4.78, 5) is 14.3. The minimum absolute atomic E-state index is 0.141. The van der Waals surface area contributed by atoms with Crippen LogP contribution in [0.15, 0.2) is 6.33 Å². The molecule has 2 heterocycles. The molecule has 14 heavy (non-hydrogen) atoms. The molecule has 7 nitrogen and oxygen atoms in total. The number of nitrogen functional groups attached to an aromatic ring is 2. The molecule has 0 spiro atoms. The first-order chi connectivity index (χ1) is 6.69. The second-order valence-electron chi connectivity index (χ2n) is 2.38. The van der Waals surface area contributed by atoms with Crippen LogP contribution in [-0.4, -0.2) is 31.6 Å². The van der Waals surface area contributed by atoms with E-state index in [-0.39, 0.29) is 12.6 Å². The Morgan fingerprint density at radius 2 is 2.07 bits per heavy atom. The second kappa shape index (κ2) is 4.38. The Balaban J connectivity index is 0.000000293. The normalized spacial score (nSPS) is 9.57. The maximum atomic E-state index is 7.57. The van der Waals surface area contributed by atoms with E-state index in [1.807, 2.05) is 0 Å². The zero-order valence-electron chi connectivity index (χ0n) is 7.73. The molecule has 0 aliphatic heterocycles. The van der Waals surface area contributed by atoms with Gasteiger partial charge >= 0.3 is 0 Å². The van der Waals surface area contributed by atoms with Gasteiger partial charge in [0.1, 0.15) is 5.52 Å². The van der Waals surface area contributed by atoms with Gasteiger partial charge in [0.05, 0.1) is 6.33 Å². The van der Waals surface area contributed by atoms with Gasteiger partial charge < -0.3 is 21.6 Å². The topological polar surface area (TPSA) is 127 Å². The fourth-order valence-electron chi connectivity index (χ4n) is 0.873. The van der Waals surface area contributed by atoms with E-state index < -0.39 is 0 Å². The predicted molar refractivity (Wildman–Crippen MR) is 53.3 cm³/mol. The Kier molecular flexibility index (Phi) is 3.19. The lowest BCUT2D eigenvalue weighted by atomic mass is 10.5. The van der Waals surface area contributed by atoms with E-state index in [4.69, 9.17) is 16.6 Å². The maximum absolute atomic E-state index is 7.57. The summed E-state index contributed by atoms with van der Waals surface area (Å²) < 4.78 is 0. The van der Waals surface area contributed by atoms with Crippen LogP contribution >= 0.6 is 0 Å². The third-order valence-corrected chi connectivity index (χ3v) is 1.33. The third-order valence-electron chi connectivity index (χ3n) is 1.33. The lowest BCUT2D eigenvalue weighted by Crippen LogP contribution is -1.99. The maximum Gasteiger partial charge on any atom is 0.224 e. The first-order valence-electron chi connectivity index (χ1n) is 4.02. The van der Waals surface area contributed by atoms with Gasteiger partial charge in [0.15, 0.2) is 11.5 Å². The summed E-state index contributed by atoms with van der Waals surface area (Å²) >= 11 is 0. The number of rotatable bonds is 0. The molecule has 0 radical (unpaired) electrons. The van der Waals surface area contributed by atoms with Crippen LogP contribution in [-0.2, 0) is 0 Å². The van der Waals surface area contributed by atoms with Crippen molar-refractivity contribution in [2.75, 3.05) is 18.1 Å². The van der Waals surface area contributed by atoms with E-state index in [1.54, 1.807) is 6.92 Å². The summed E-state index contributed by atoms with van der Waals surface area (Å²) in [5.41, 5.74) is 11.9. The molecule has 7 heteroatoms. The van der Waals surface area contributed by atoms with Crippen LogP contribution in [0.4, 0.5) is 11.8 Å². The van der Waals surface area contributed by atoms with Gasteiger partial charge in [-0.2, -0.15) is 9.97 Å². The summed E-state index contributed by atoms with van der Waals surface area (Å²) in [5, 5.41) is 7.57. The lowest BCUT2D eigenvalue weighted by molar-refractivity contribution is 0.318. The van der Waals surface area contributed by atoms with Crippen molar-refractivity contribution < 1.29 is 5.11 Å². The SMILES string of the molecule is CCO.Nc1nc(N)c2[nH]cnc2n1. The van der Waals surface area contributed by atoms with E-state index >= 15 is 0 Å². The van der Waals surface area contributed by atoms with Gasteiger partial charge in [-0.3, -0.25) is 0 Å². The molecular formula is C7H12N6O. The number of aromatic nitrogens is 4. The van der Waals surface area contributed by atoms with Crippen molar-refractivity contribution >= 4 is 22.9 Å². The highest BCUT2D eigenvalue weighted by atomic mass is 16.2. The Morgan fingerprint density at radius 3 is 2.71 bits per heavy atom. The highest BCUT2D eigenvalue weighted by molar-refractivity contribution is 5.81. The molecule has 0 unspecified atom stereocenters. The molecule has 2 rings (SSSR count). The summed E-state index contributed by atoms with van der Waals surface area (Å²) in [6, 6.07) is 0.